The van der Waals surface area contributed by atoms with Crippen molar-refractivity contribution in [1.82, 2.24) is 9.78 Å². The minimum absolute atomic E-state index is 0.290. The van der Waals surface area contributed by atoms with Crippen LogP contribution in [0.1, 0.15) is 30.1 Å². The average Bonchev–Trinajstić information content (AvgIpc) is 2.88. The van der Waals surface area contributed by atoms with Gasteiger partial charge in [-0.3, -0.25) is 4.68 Å². The molecule has 1 aliphatic heterocycles. The molecule has 1 saturated heterocycles. The highest BCUT2D eigenvalue weighted by molar-refractivity contribution is 9.10. The van der Waals surface area contributed by atoms with E-state index in [1.54, 1.807) is 0 Å². The Morgan fingerprint density at radius 2 is 2.10 bits per heavy atom. The third-order valence-corrected chi connectivity index (χ3v) is 4.46. The van der Waals surface area contributed by atoms with Crippen LogP contribution in [0.2, 0.25) is 0 Å². The minimum atomic E-state index is 0.290. The normalized spacial score (nSPS) is 22.9. The maximum absolute atomic E-state index is 5.93. The van der Waals surface area contributed by atoms with Gasteiger partial charge in [0.25, 0.3) is 0 Å². The molecule has 106 valence electrons. The van der Waals surface area contributed by atoms with Crippen molar-refractivity contribution in [2.24, 2.45) is 0 Å². The number of hydrogen-bond acceptors (Lipinski definition) is 2. The molecular weight excluding hydrogens is 316 g/mol. The largest absolute Gasteiger partial charge is 0.378 e. The van der Waals surface area contributed by atoms with Crippen LogP contribution in [0.4, 0.5) is 0 Å². The molecular formula is C16H19BrN2O. The lowest BCUT2D eigenvalue weighted by atomic mass is 9.97. The van der Waals surface area contributed by atoms with E-state index in [2.05, 4.69) is 63.0 Å². The molecule has 2 unspecified atom stereocenters. The second kappa shape index (κ2) is 6.10. The summed E-state index contributed by atoms with van der Waals surface area (Å²) in [6.45, 7) is 2.94. The van der Waals surface area contributed by atoms with Gasteiger partial charge in [-0.2, -0.15) is 5.10 Å². The molecule has 0 bridgehead atoms. The number of aromatic nitrogens is 2. The molecule has 0 amide bonds. The molecule has 1 aromatic heterocycles. The van der Waals surface area contributed by atoms with Crippen LogP contribution in [0, 0.1) is 6.92 Å². The fraction of sp³-hybridized carbons (Fsp3) is 0.438. The van der Waals surface area contributed by atoms with Crippen molar-refractivity contribution in [2.75, 3.05) is 6.61 Å². The van der Waals surface area contributed by atoms with Gasteiger partial charge in [0.2, 0.25) is 0 Å². The monoisotopic (exact) mass is 334 g/mol. The number of hydrogen-bond donors (Lipinski definition) is 0. The number of halogens is 1. The highest BCUT2D eigenvalue weighted by Gasteiger charge is 2.25. The third-order valence-electron chi connectivity index (χ3n) is 3.93. The first-order valence-corrected chi connectivity index (χ1v) is 7.88. The quantitative estimate of drug-likeness (QED) is 0.850. The summed E-state index contributed by atoms with van der Waals surface area (Å²) in [6.07, 6.45) is 5.25. The van der Waals surface area contributed by atoms with E-state index in [-0.39, 0.29) is 0 Å². The molecule has 1 aromatic carbocycles. The summed E-state index contributed by atoms with van der Waals surface area (Å²) >= 11 is 3.47. The second-order valence-electron chi connectivity index (χ2n) is 5.42. The molecule has 0 spiro atoms. The van der Waals surface area contributed by atoms with Crippen molar-refractivity contribution < 1.29 is 4.74 Å². The molecule has 2 heterocycles. The Bertz CT molecular complexity index is 564. The highest BCUT2D eigenvalue weighted by Crippen LogP contribution is 2.27. The Labute approximate surface area is 128 Å². The average molecular weight is 335 g/mol. The molecule has 3 nitrogen and oxygen atoms in total. The van der Waals surface area contributed by atoms with E-state index >= 15 is 0 Å². The van der Waals surface area contributed by atoms with Crippen molar-refractivity contribution in [3.8, 4) is 0 Å². The highest BCUT2D eigenvalue weighted by atomic mass is 79.9. The number of benzene rings is 1. The molecule has 1 fully saturated rings. The van der Waals surface area contributed by atoms with Crippen LogP contribution in [-0.2, 0) is 11.2 Å². The Morgan fingerprint density at radius 3 is 2.80 bits per heavy atom. The molecule has 0 saturated carbocycles. The maximum Gasteiger partial charge on any atom is 0.0635 e. The SMILES string of the molecule is Cc1ccnn1C1CCOC(Cc2ccc(Br)cc2)C1. The third kappa shape index (κ3) is 3.13. The van der Waals surface area contributed by atoms with Crippen molar-refractivity contribution in [3.05, 3.63) is 52.3 Å². The van der Waals surface area contributed by atoms with E-state index < -0.39 is 0 Å². The van der Waals surface area contributed by atoms with E-state index in [9.17, 15) is 0 Å². The summed E-state index contributed by atoms with van der Waals surface area (Å²) in [5.74, 6) is 0. The van der Waals surface area contributed by atoms with Crippen LogP contribution in [0.15, 0.2) is 41.0 Å². The molecule has 0 radical (unpaired) electrons. The van der Waals surface area contributed by atoms with Gasteiger partial charge in [0.1, 0.15) is 0 Å². The first kappa shape index (κ1) is 13.8. The zero-order chi connectivity index (χ0) is 13.9. The lowest BCUT2D eigenvalue weighted by Gasteiger charge is -2.30. The van der Waals surface area contributed by atoms with Gasteiger partial charge in [0, 0.05) is 23.0 Å². The minimum Gasteiger partial charge on any atom is -0.378 e. The predicted octanol–water partition coefficient (Wildman–Crippen LogP) is 3.92. The molecule has 1 aliphatic rings. The van der Waals surface area contributed by atoms with Gasteiger partial charge in [0.05, 0.1) is 12.1 Å². The predicted molar refractivity (Wildman–Crippen MR) is 82.8 cm³/mol. The smallest absolute Gasteiger partial charge is 0.0635 e. The molecule has 2 aromatic rings. The van der Waals surface area contributed by atoms with E-state index in [0.29, 0.717) is 12.1 Å². The van der Waals surface area contributed by atoms with Crippen LogP contribution in [0.25, 0.3) is 0 Å². The summed E-state index contributed by atoms with van der Waals surface area (Å²) < 4.78 is 9.20. The van der Waals surface area contributed by atoms with E-state index in [1.807, 2.05) is 6.20 Å². The zero-order valence-electron chi connectivity index (χ0n) is 11.6. The van der Waals surface area contributed by atoms with Gasteiger partial charge in [-0.15, -0.1) is 0 Å². The van der Waals surface area contributed by atoms with E-state index in [1.165, 1.54) is 11.3 Å². The molecule has 0 aliphatic carbocycles. The molecule has 2 atom stereocenters. The van der Waals surface area contributed by atoms with Crippen LogP contribution in [-0.4, -0.2) is 22.5 Å². The van der Waals surface area contributed by atoms with Gasteiger partial charge in [0.15, 0.2) is 0 Å². The molecule has 3 rings (SSSR count). The lowest BCUT2D eigenvalue weighted by molar-refractivity contribution is -0.00747. The Hall–Kier alpha value is -1.13. The van der Waals surface area contributed by atoms with Crippen molar-refractivity contribution in [3.63, 3.8) is 0 Å². The summed E-state index contributed by atoms with van der Waals surface area (Å²) in [7, 11) is 0. The molecule has 20 heavy (non-hydrogen) atoms. The number of ether oxygens (including phenoxy) is 1. The van der Waals surface area contributed by atoms with Crippen molar-refractivity contribution in [1.29, 1.82) is 0 Å². The summed E-state index contributed by atoms with van der Waals surface area (Å²) in [4.78, 5) is 0. The van der Waals surface area contributed by atoms with Crippen LogP contribution in [0.5, 0.6) is 0 Å². The standard InChI is InChI=1S/C16H19BrN2O/c1-12-6-8-18-19(12)15-7-9-20-16(11-15)10-13-2-4-14(17)5-3-13/h2-6,8,15-16H,7,9-11H2,1H3. The molecule has 4 heteroatoms. The van der Waals surface area contributed by atoms with Gasteiger partial charge in [-0.05, 0) is 49.9 Å². The second-order valence-corrected chi connectivity index (χ2v) is 6.33. The van der Waals surface area contributed by atoms with Crippen molar-refractivity contribution in [2.45, 2.75) is 38.3 Å². The van der Waals surface area contributed by atoms with Gasteiger partial charge < -0.3 is 4.74 Å². The topological polar surface area (TPSA) is 27.1 Å². The number of rotatable bonds is 3. The summed E-state index contributed by atoms with van der Waals surface area (Å²) in [5.41, 5.74) is 2.57. The number of nitrogens with zero attached hydrogens (tertiary/aromatic N) is 2. The Morgan fingerprint density at radius 1 is 1.30 bits per heavy atom. The van der Waals surface area contributed by atoms with Gasteiger partial charge in [-0.1, -0.05) is 28.1 Å². The van der Waals surface area contributed by atoms with Gasteiger partial charge >= 0.3 is 0 Å². The summed E-state index contributed by atoms with van der Waals surface area (Å²) in [6, 6.07) is 11.0. The van der Waals surface area contributed by atoms with Crippen molar-refractivity contribution >= 4 is 15.9 Å². The first-order chi connectivity index (χ1) is 9.72. The first-order valence-electron chi connectivity index (χ1n) is 7.08. The van der Waals surface area contributed by atoms with Gasteiger partial charge in [-0.25, -0.2) is 0 Å². The zero-order valence-corrected chi connectivity index (χ0v) is 13.2. The fourth-order valence-corrected chi connectivity index (χ4v) is 3.13. The molecule has 0 N–H and O–H groups in total. The lowest BCUT2D eigenvalue weighted by Crippen LogP contribution is -2.30. The van der Waals surface area contributed by atoms with Crippen LogP contribution >= 0.6 is 15.9 Å². The fourth-order valence-electron chi connectivity index (χ4n) is 2.87. The van der Waals surface area contributed by atoms with Crippen LogP contribution < -0.4 is 0 Å². The van der Waals surface area contributed by atoms with E-state index in [4.69, 9.17) is 4.74 Å². The van der Waals surface area contributed by atoms with Crippen LogP contribution in [0.3, 0.4) is 0 Å². The Balaban J connectivity index is 1.66. The Kier molecular flexibility index (Phi) is 4.22. The number of aryl methyl sites for hydroxylation is 1. The summed E-state index contributed by atoms with van der Waals surface area (Å²) in [5, 5.41) is 4.45. The van der Waals surface area contributed by atoms with E-state index in [0.717, 1.165) is 30.3 Å². The maximum atomic E-state index is 5.93.